The van der Waals surface area contributed by atoms with Crippen molar-refractivity contribution in [2.45, 2.75) is 28.9 Å². The number of hydrogen-bond donors (Lipinski definition) is 6. The summed E-state index contributed by atoms with van der Waals surface area (Å²) in [6.45, 7) is 1.73. The molecule has 2 fully saturated rings. The zero-order valence-electron chi connectivity index (χ0n) is 26.6. The van der Waals surface area contributed by atoms with Gasteiger partial charge in [-0.25, -0.2) is 4.79 Å². The van der Waals surface area contributed by atoms with Crippen LogP contribution >= 0.6 is 23.5 Å². The van der Waals surface area contributed by atoms with Gasteiger partial charge in [-0.1, -0.05) is 10.7 Å². The number of carboxylic acid groups (broad SMARTS) is 1. The number of hydrogen-bond acceptors (Lipinski definition) is 13. The Morgan fingerprint density at radius 1 is 1.12 bits per heavy atom. The molecule has 0 radical (unpaired) electrons. The first-order chi connectivity index (χ1) is 23.9. The van der Waals surface area contributed by atoms with Crippen LogP contribution in [0, 0.1) is 0 Å². The number of rotatable bonds is 12. The molecule has 3 atom stereocenters. The van der Waals surface area contributed by atoms with Crippen LogP contribution in [0.15, 0.2) is 58.9 Å². The number of pyridine rings is 1. The molecular formula is C30H32N8O10S2. The number of aliphatic carboxylic acids is 1. The molecule has 5 rings (SSSR count). The van der Waals surface area contributed by atoms with Crippen LogP contribution in [0.1, 0.15) is 18.5 Å². The number of likely N-dealkylation sites (N-methyl/N-ethyl adjacent to an activating group) is 1. The molecule has 7 amide bonds. The second kappa shape index (κ2) is 14.5. The van der Waals surface area contributed by atoms with Gasteiger partial charge in [0, 0.05) is 48.2 Å². The summed E-state index contributed by atoms with van der Waals surface area (Å²) in [5.74, 6) is -6.81. The topological polar surface area (TPSA) is 245 Å². The van der Waals surface area contributed by atoms with Gasteiger partial charge in [0.2, 0.25) is 30.4 Å². The van der Waals surface area contributed by atoms with Crippen LogP contribution < -0.4 is 31.2 Å². The molecular weight excluding hydrogens is 697 g/mol. The summed E-state index contributed by atoms with van der Waals surface area (Å²) < 4.78 is 1.71. The number of fused-ring (bicyclic) bond motifs is 1. The van der Waals surface area contributed by atoms with E-state index >= 15 is 0 Å². The van der Waals surface area contributed by atoms with Crippen LogP contribution in [0.4, 0.5) is 4.79 Å². The summed E-state index contributed by atoms with van der Waals surface area (Å²) >= 11 is 2.39. The summed E-state index contributed by atoms with van der Waals surface area (Å²) in [5.41, 5.74) is 0.572. The van der Waals surface area contributed by atoms with Crippen LogP contribution in [0.25, 0.3) is 0 Å². The molecule has 3 aliphatic rings. The number of piperazine rings is 1. The molecule has 264 valence electrons. The Hall–Kier alpha value is -5.50. The largest absolute Gasteiger partial charge is 0.543 e. The van der Waals surface area contributed by atoms with E-state index in [1.165, 1.54) is 22.7 Å². The lowest BCUT2D eigenvalue weighted by molar-refractivity contribution is -0.647. The van der Waals surface area contributed by atoms with Crippen molar-refractivity contribution in [3.63, 3.8) is 0 Å². The number of benzene rings is 1. The number of phenolic OH excluding ortho intramolecular Hbond substituents is 2. The molecule has 2 saturated heterocycles. The maximum Gasteiger partial charge on any atom is 0.325 e. The average Bonchev–Trinajstić information content (AvgIpc) is 3.11. The zero-order chi connectivity index (χ0) is 36.3. The number of imide groups is 1. The van der Waals surface area contributed by atoms with Crippen molar-refractivity contribution in [3.05, 3.63) is 59.6 Å². The third-order valence-corrected chi connectivity index (χ3v) is 10.7. The van der Waals surface area contributed by atoms with Gasteiger partial charge in [0.15, 0.2) is 11.5 Å². The van der Waals surface area contributed by atoms with Crippen LogP contribution in [0.5, 0.6) is 11.5 Å². The second-order valence-electron chi connectivity index (χ2n) is 11.1. The van der Waals surface area contributed by atoms with E-state index in [1.807, 2.05) is 12.1 Å². The van der Waals surface area contributed by atoms with Crippen molar-refractivity contribution in [1.82, 2.24) is 30.7 Å². The Morgan fingerprint density at radius 3 is 2.46 bits per heavy atom. The van der Waals surface area contributed by atoms with Gasteiger partial charge >= 0.3 is 17.8 Å². The third kappa shape index (κ3) is 6.58. The molecule has 1 aromatic heterocycles. The van der Waals surface area contributed by atoms with Crippen LogP contribution in [0.3, 0.4) is 0 Å². The minimum absolute atomic E-state index is 0.0391. The highest BCUT2D eigenvalue weighted by Crippen LogP contribution is 2.46. The molecule has 6 N–H and O–H groups in total. The Morgan fingerprint density at radius 2 is 1.84 bits per heavy atom. The number of nitrogens with one attached hydrogen (secondary N) is 4. The van der Waals surface area contributed by atoms with Gasteiger partial charge in [-0.05, 0) is 30.2 Å². The summed E-state index contributed by atoms with van der Waals surface area (Å²) in [6.07, 6.45) is 3.68. The summed E-state index contributed by atoms with van der Waals surface area (Å²) in [7, 11) is 1.74. The molecule has 20 heteroatoms. The fourth-order valence-electron chi connectivity index (χ4n) is 5.58. The maximum atomic E-state index is 14.0. The third-order valence-electron chi connectivity index (χ3n) is 8.22. The fraction of sp³-hybridized carbons (Fsp3) is 0.333. The number of nitrogens with zero attached hydrogens (tertiary/aromatic N) is 4. The van der Waals surface area contributed by atoms with Gasteiger partial charge < -0.3 is 41.0 Å². The lowest BCUT2D eigenvalue weighted by Gasteiger charge is -2.57. The molecule has 0 aliphatic carbocycles. The highest BCUT2D eigenvalue weighted by atomic mass is 32.2. The zero-order valence-corrected chi connectivity index (χ0v) is 28.2. The van der Waals surface area contributed by atoms with E-state index < -0.39 is 69.9 Å². The van der Waals surface area contributed by atoms with E-state index in [-0.39, 0.29) is 43.1 Å². The number of aromatic hydroxyl groups is 2. The normalized spacial score (nSPS) is 20.8. The Labute approximate surface area is 292 Å². The Balaban J connectivity index is 1.41. The van der Waals surface area contributed by atoms with E-state index in [0.717, 1.165) is 33.7 Å². The van der Waals surface area contributed by atoms with Gasteiger partial charge in [0.05, 0.1) is 18.7 Å². The summed E-state index contributed by atoms with van der Waals surface area (Å²) in [5, 5.41) is 38.3. The van der Waals surface area contributed by atoms with Gasteiger partial charge in [-0.15, -0.1) is 23.5 Å². The smallest absolute Gasteiger partial charge is 0.325 e. The van der Waals surface area contributed by atoms with Crippen molar-refractivity contribution < 1.29 is 53.6 Å². The van der Waals surface area contributed by atoms with E-state index in [0.29, 0.717) is 10.5 Å². The van der Waals surface area contributed by atoms with Crippen LogP contribution in [0.2, 0.25) is 0 Å². The first-order valence-corrected chi connectivity index (χ1v) is 17.1. The van der Waals surface area contributed by atoms with Crippen molar-refractivity contribution >= 4 is 65.6 Å². The summed E-state index contributed by atoms with van der Waals surface area (Å²) in [4.78, 5) is 93.9. The van der Waals surface area contributed by atoms with Crippen LogP contribution in [-0.2, 0) is 28.8 Å². The molecule has 2 aromatic rings. The number of aromatic nitrogens is 1. The van der Waals surface area contributed by atoms with Gasteiger partial charge in [-0.3, -0.25) is 33.8 Å². The van der Waals surface area contributed by atoms with Crippen molar-refractivity contribution in [3.8, 4) is 11.5 Å². The number of urea groups is 1. The molecule has 0 unspecified atom stereocenters. The second-order valence-corrected chi connectivity index (χ2v) is 13.2. The quantitative estimate of drug-likeness (QED) is 0.0248. The highest BCUT2D eigenvalue weighted by molar-refractivity contribution is 8.01. The van der Waals surface area contributed by atoms with Gasteiger partial charge in [-0.2, -0.15) is 5.43 Å². The highest BCUT2D eigenvalue weighted by Gasteiger charge is 2.65. The first-order valence-electron chi connectivity index (χ1n) is 15.0. The van der Waals surface area contributed by atoms with E-state index in [9.17, 15) is 48.9 Å². The predicted molar refractivity (Wildman–Crippen MR) is 173 cm³/mol. The molecule has 18 nitrogen and oxygen atoms in total. The van der Waals surface area contributed by atoms with Crippen molar-refractivity contribution in [1.29, 1.82) is 0 Å². The van der Waals surface area contributed by atoms with E-state index in [2.05, 4.69) is 21.4 Å². The maximum absolute atomic E-state index is 14.0. The fourth-order valence-corrected chi connectivity index (χ4v) is 8.03. The molecule has 1 aromatic carbocycles. The number of thioether (sulfide) groups is 2. The standard InChI is InChI=1S/C30H32N8O10S2/c1-3-35-10-11-37(25(44)24(35)43)29(48)33-21(16-4-5-19(40)20(41)12-16)23(42)34-30(32-15-39)27(47)38-22(26(45)46)17(14-50-28(30)38)13-49-18-6-8-36(31-2)9-7-18/h4-9,12,15,21,28,31H,3,10-11,13-14H2,1-2H3,(H5-,32,33,34,39,40,41,42,43,44,45,46,48)/t21-,28-,30-/m1/s1. The van der Waals surface area contributed by atoms with E-state index in [1.54, 1.807) is 31.0 Å². The van der Waals surface area contributed by atoms with Gasteiger partial charge in [0.25, 0.3) is 5.91 Å². The average molecular weight is 729 g/mol. The Bertz CT molecular complexity index is 1790. The van der Waals surface area contributed by atoms with Crippen molar-refractivity contribution in [2.24, 2.45) is 0 Å². The molecule has 3 aliphatic heterocycles. The lowest BCUT2D eigenvalue weighted by atomic mass is 9.94. The predicted octanol–water partition coefficient (Wildman–Crippen LogP) is -2.73. The summed E-state index contributed by atoms with van der Waals surface area (Å²) in [6, 6.07) is 3.87. The SMILES string of the molecule is CCN1CCN(C(=O)N[C@@H](C(=O)N[C@]2(NC=O)C(=O)N3C(C(=O)[O-])=C(CSc4cc[n+](NC)cc4)CS[C@@H]32)c2ccc(O)c(O)c2)C(=O)C1=O. The minimum Gasteiger partial charge on any atom is -0.543 e. The van der Waals surface area contributed by atoms with E-state index in [4.69, 9.17) is 0 Å². The number of carbonyl (C=O) groups excluding carboxylic acids is 7. The Kier molecular flexibility index (Phi) is 10.4. The molecule has 0 saturated carbocycles. The van der Waals surface area contributed by atoms with Crippen molar-refractivity contribution in [2.75, 3.05) is 43.6 Å². The van der Waals surface area contributed by atoms with Crippen LogP contribution in [-0.4, -0.2) is 116 Å². The molecule has 0 bridgehead atoms. The minimum atomic E-state index is -2.19. The molecule has 0 spiro atoms. The first kappa shape index (κ1) is 35.8. The number of carboxylic acids is 1. The molecule has 4 heterocycles. The number of phenols is 2. The number of amides is 7. The number of β-lactam (4-membered cyclic amide) rings is 1. The number of carbonyl (C=O) groups is 7. The monoisotopic (exact) mass is 728 g/mol. The van der Waals surface area contributed by atoms with Gasteiger partial charge in [0.1, 0.15) is 11.4 Å². The molecule has 50 heavy (non-hydrogen) atoms. The lowest BCUT2D eigenvalue weighted by Crippen LogP contribution is -2.85.